The molecule has 2 rings (SSSR count). The predicted octanol–water partition coefficient (Wildman–Crippen LogP) is 2.87. The molecule has 0 radical (unpaired) electrons. The molecule has 1 atom stereocenters. The summed E-state index contributed by atoms with van der Waals surface area (Å²) < 4.78 is 10.8. The van der Waals surface area contributed by atoms with E-state index in [4.69, 9.17) is 9.47 Å². The number of para-hydroxylation sites is 1. The van der Waals surface area contributed by atoms with Gasteiger partial charge in [0.15, 0.2) is 6.61 Å². The lowest BCUT2D eigenvalue weighted by molar-refractivity contribution is -0.150. The van der Waals surface area contributed by atoms with Gasteiger partial charge in [-0.3, -0.25) is 9.59 Å². The second kappa shape index (κ2) is 10.8. The molecule has 0 unspecified atom stereocenters. The first-order valence-electron chi connectivity index (χ1n) is 9.26. The minimum absolute atomic E-state index is 0.203. The first-order valence-corrected chi connectivity index (χ1v) is 10.1. The van der Waals surface area contributed by atoms with Gasteiger partial charge in [-0.15, -0.1) is 11.3 Å². The number of esters is 2. The number of amides is 1. The zero-order valence-corrected chi connectivity index (χ0v) is 17.2. The summed E-state index contributed by atoms with van der Waals surface area (Å²) in [4.78, 5) is 40.0. The van der Waals surface area contributed by atoms with E-state index >= 15 is 0 Å². The summed E-state index contributed by atoms with van der Waals surface area (Å²) in [5.74, 6) is -1.27. The number of aromatic nitrogens is 1. The van der Waals surface area contributed by atoms with Crippen LogP contribution >= 0.6 is 11.3 Å². The lowest BCUT2D eigenvalue weighted by Gasteiger charge is -2.18. The van der Waals surface area contributed by atoms with E-state index in [2.05, 4.69) is 10.3 Å². The molecule has 28 heavy (non-hydrogen) atoms. The molecule has 1 N–H and O–H groups in total. The Morgan fingerprint density at radius 3 is 2.64 bits per heavy atom. The van der Waals surface area contributed by atoms with Gasteiger partial charge in [-0.1, -0.05) is 26.0 Å². The van der Waals surface area contributed by atoms with E-state index in [1.54, 1.807) is 11.3 Å². The van der Waals surface area contributed by atoms with Crippen LogP contribution in [-0.4, -0.2) is 42.6 Å². The van der Waals surface area contributed by atoms with Crippen molar-refractivity contribution in [2.75, 3.05) is 13.7 Å². The van der Waals surface area contributed by atoms with Crippen LogP contribution in [0.5, 0.6) is 0 Å². The normalized spacial score (nSPS) is 12.0. The Balaban J connectivity index is 1.70. The molecule has 7 nitrogen and oxygen atoms in total. The molecule has 0 saturated heterocycles. The molecule has 1 amide bonds. The molecule has 1 aromatic heterocycles. The van der Waals surface area contributed by atoms with Gasteiger partial charge in [0.2, 0.25) is 0 Å². The summed E-state index contributed by atoms with van der Waals surface area (Å²) in [6.07, 6.45) is 1.93. The number of hydrogen-bond donors (Lipinski definition) is 1. The van der Waals surface area contributed by atoms with Crippen molar-refractivity contribution in [2.45, 2.75) is 45.6 Å². The summed E-state index contributed by atoms with van der Waals surface area (Å²) in [6.45, 7) is 3.46. The quantitative estimate of drug-likeness (QED) is 0.610. The molecule has 0 aliphatic heterocycles. The number of carbonyl (C=O) groups is 3. The molecular formula is C20H26N2O5S. The Kier molecular flexibility index (Phi) is 8.38. The van der Waals surface area contributed by atoms with Gasteiger partial charge in [-0.05, 0) is 37.3 Å². The SMILES string of the molecule is COC(=O)[C@H](CC(C)C)NC(=O)COC(=O)CCCc1nc2ccccc2s1. The first kappa shape index (κ1) is 21.8. The number of aryl methyl sites for hydroxylation is 1. The number of methoxy groups -OCH3 is 1. The van der Waals surface area contributed by atoms with Crippen LogP contribution < -0.4 is 5.32 Å². The van der Waals surface area contributed by atoms with Gasteiger partial charge >= 0.3 is 11.9 Å². The van der Waals surface area contributed by atoms with E-state index in [0.29, 0.717) is 19.3 Å². The van der Waals surface area contributed by atoms with Crippen molar-refractivity contribution in [3.05, 3.63) is 29.3 Å². The van der Waals surface area contributed by atoms with Crippen LogP contribution in [0.15, 0.2) is 24.3 Å². The van der Waals surface area contributed by atoms with Gasteiger partial charge in [0, 0.05) is 6.42 Å². The van der Waals surface area contributed by atoms with E-state index in [0.717, 1.165) is 15.2 Å². The van der Waals surface area contributed by atoms with E-state index in [-0.39, 0.29) is 12.3 Å². The maximum absolute atomic E-state index is 12.0. The Hall–Kier alpha value is -2.48. The average Bonchev–Trinajstić information content (AvgIpc) is 3.07. The van der Waals surface area contributed by atoms with Crippen LogP contribution in [0.3, 0.4) is 0 Å². The fourth-order valence-electron chi connectivity index (χ4n) is 2.69. The Bertz CT molecular complexity index is 785. The number of rotatable bonds is 10. The van der Waals surface area contributed by atoms with Crippen molar-refractivity contribution in [3.63, 3.8) is 0 Å². The lowest BCUT2D eigenvalue weighted by Crippen LogP contribution is -2.44. The summed E-state index contributed by atoms with van der Waals surface area (Å²) in [5, 5.41) is 3.53. The average molecular weight is 407 g/mol. The monoisotopic (exact) mass is 406 g/mol. The molecule has 0 aliphatic rings. The minimum Gasteiger partial charge on any atom is -0.467 e. The van der Waals surface area contributed by atoms with E-state index in [1.165, 1.54) is 7.11 Å². The largest absolute Gasteiger partial charge is 0.467 e. The number of ether oxygens (including phenoxy) is 2. The summed E-state index contributed by atoms with van der Waals surface area (Å²) >= 11 is 1.61. The van der Waals surface area contributed by atoms with Crippen molar-refractivity contribution in [2.24, 2.45) is 5.92 Å². The fraction of sp³-hybridized carbons (Fsp3) is 0.500. The van der Waals surface area contributed by atoms with Gasteiger partial charge in [-0.25, -0.2) is 9.78 Å². The summed E-state index contributed by atoms with van der Waals surface area (Å²) in [7, 11) is 1.27. The van der Waals surface area contributed by atoms with Gasteiger partial charge in [0.05, 0.1) is 22.3 Å². The van der Waals surface area contributed by atoms with E-state index in [1.807, 2.05) is 38.1 Å². The molecule has 0 spiro atoms. The summed E-state index contributed by atoms with van der Waals surface area (Å²) in [5.41, 5.74) is 0.961. The van der Waals surface area contributed by atoms with Crippen molar-refractivity contribution in [1.82, 2.24) is 10.3 Å². The molecular weight excluding hydrogens is 380 g/mol. The number of hydrogen-bond acceptors (Lipinski definition) is 7. The Morgan fingerprint density at radius 1 is 1.21 bits per heavy atom. The smallest absolute Gasteiger partial charge is 0.328 e. The molecule has 1 heterocycles. The number of fused-ring (bicyclic) bond motifs is 1. The molecule has 1 aromatic carbocycles. The van der Waals surface area contributed by atoms with Crippen LogP contribution in [0.25, 0.3) is 10.2 Å². The third-order valence-electron chi connectivity index (χ3n) is 4.00. The second-order valence-electron chi connectivity index (χ2n) is 6.86. The number of carbonyl (C=O) groups excluding carboxylic acids is 3. The number of nitrogens with one attached hydrogen (secondary N) is 1. The minimum atomic E-state index is -0.741. The van der Waals surface area contributed by atoms with Gasteiger partial charge < -0.3 is 14.8 Å². The molecule has 152 valence electrons. The third-order valence-corrected chi connectivity index (χ3v) is 5.10. The summed E-state index contributed by atoms with van der Waals surface area (Å²) in [6, 6.07) is 7.15. The van der Waals surface area contributed by atoms with Gasteiger partial charge in [0.25, 0.3) is 5.91 Å². The van der Waals surface area contributed by atoms with E-state index in [9.17, 15) is 14.4 Å². The Labute approximate surface area is 168 Å². The van der Waals surface area contributed by atoms with Crippen LogP contribution in [0.1, 0.15) is 38.1 Å². The van der Waals surface area contributed by atoms with Crippen LogP contribution in [0.4, 0.5) is 0 Å². The first-order chi connectivity index (χ1) is 13.4. The zero-order valence-electron chi connectivity index (χ0n) is 16.4. The highest BCUT2D eigenvalue weighted by molar-refractivity contribution is 7.18. The fourth-order valence-corrected chi connectivity index (χ4v) is 3.70. The van der Waals surface area contributed by atoms with Crippen molar-refractivity contribution in [1.29, 1.82) is 0 Å². The predicted molar refractivity (Wildman–Crippen MR) is 107 cm³/mol. The van der Waals surface area contributed by atoms with Crippen molar-refractivity contribution >= 4 is 39.4 Å². The third kappa shape index (κ3) is 6.92. The maximum Gasteiger partial charge on any atom is 0.328 e. The van der Waals surface area contributed by atoms with Gasteiger partial charge in [-0.2, -0.15) is 0 Å². The maximum atomic E-state index is 12.0. The number of benzene rings is 1. The molecule has 8 heteroatoms. The molecule has 0 saturated carbocycles. The van der Waals surface area contributed by atoms with Crippen molar-refractivity contribution in [3.8, 4) is 0 Å². The standard InChI is InChI=1S/C20H26N2O5S/c1-13(2)11-15(20(25)26-3)21-17(23)12-27-19(24)10-6-9-18-22-14-7-4-5-8-16(14)28-18/h4-5,7-8,13,15H,6,9-12H2,1-3H3,(H,21,23)/t15-/m0/s1. The number of thiazole rings is 1. The topological polar surface area (TPSA) is 94.6 Å². The highest BCUT2D eigenvalue weighted by Gasteiger charge is 2.23. The molecule has 0 aliphatic carbocycles. The Morgan fingerprint density at radius 2 is 1.96 bits per heavy atom. The number of nitrogens with zero attached hydrogens (tertiary/aromatic N) is 1. The second-order valence-corrected chi connectivity index (χ2v) is 7.98. The highest BCUT2D eigenvalue weighted by Crippen LogP contribution is 2.22. The van der Waals surface area contributed by atoms with Crippen LogP contribution in [0.2, 0.25) is 0 Å². The molecule has 0 bridgehead atoms. The zero-order chi connectivity index (χ0) is 20.5. The molecule has 2 aromatic rings. The van der Waals surface area contributed by atoms with Crippen molar-refractivity contribution < 1.29 is 23.9 Å². The van der Waals surface area contributed by atoms with Crippen LogP contribution in [0, 0.1) is 5.92 Å². The highest BCUT2D eigenvalue weighted by atomic mass is 32.1. The van der Waals surface area contributed by atoms with Crippen LogP contribution in [-0.2, 0) is 30.3 Å². The molecule has 0 fully saturated rings. The van der Waals surface area contributed by atoms with E-state index < -0.39 is 30.5 Å². The van der Waals surface area contributed by atoms with Gasteiger partial charge in [0.1, 0.15) is 6.04 Å². The lowest BCUT2D eigenvalue weighted by atomic mass is 10.0.